The van der Waals surface area contributed by atoms with E-state index in [4.69, 9.17) is 0 Å². The van der Waals surface area contributed by atoms with Crippen LogP contribution in [0, 0.1) is 0 Å². The van der Waals surface area contributed by atoms with Crippen molar-refractivity contribution >= 4 is 6.03 Å². The summed E-state index contributed by atoms with van der Waals surface area (Å²) in [5.74, 6) is 0. The van der Waals surface area contributed by atoms with Crippen molar-refractivity contribution in [1.82, 2.24) is 10.6 Å². The van der Waals surface area contributed by atoms with Crippen LogP contribution in [0.15, 0.2) is 24.3 Å². The molecular weight excluding hydrogens is 268 g/mol. The monoisotopic (exact) mass is 292 g/mol. The highest BCUT2D eigenvalue weighted by atomic mass is 16.3. The summed E-state index contributed by atoms with van der Waals surface area (Å²) >= 11 is 0. The highest BCUT2D eigenvalue weighted by Crippen LogP contribution is 2.18. The summed E-state index contributed by atoms with van der Waals surface area (Å²) in [7, 11) is 0. The Morgan fingerprint density at radius 1 is 1.24 bits per heavy atom. The SMILES string of the molecule is CC(O)c1ccc(CNC(=O)NC2CCC(O)CC2)cc1. The van der Waals surface area contributed by atoms with Gasteiger partial charge < -0.3 is 20.8 Å². The Morgan fingerprint density at radius 2 is 1.86 bits per heavy atom. The number of rotatable bonds is 4. The van der Waals surface area contributed by atoms with Crippen LogP contribution in [-0.2, 0) is 6.54 Å². The Hall–Kier alpha value is -1.59. The second kappa shape index (κ2) is 7.43. The number of amides is 2. The van der Waals surface area contributed by atoms with Gasteiger partial charge in [0.15, 0.2) is 0 Å². The van der Waals surface area contributed by atoms with Crippen LogP contribution in [0.2, 0.25) is 0 Å². The van der Waals surface area contributed by atoms with Gasteiger partial charge in [0.25, 0.3) is 0 Å². The van der Waals surface area contributed by atoms with Gasteiger partial charge in [0, 0.05) is 12.6 Å². The minimum atomic E-state index is -0.475. The van der Waals surface area contributed by atoms with Crippen LogP contribution in [0.4, 0.5) is 4.79 Å². The van der Waals surface area contributed by atoms with Crippen molar-refractivity contribution in [2.24, 2.45) is 0 Å². The molecule has 2 rings (SSSR count). The lowest BCUT2D eigenvalue weighted by Crippen LogP contribution is -2.43. The van der Waals surface area contributed by atoms with Crippen molar-refractivity contribution in [3.8, 4) is 0 Å². The van der Waals surface area contributed by atoms with Crippen LogP contribution in [0.25, 0.3) is 0 Å². The minimum Gasteiger partial charge on any atom is -0.393 e. The molecule has 116 valence electrons. The summed E-state index contributed by atoms with van der Waals surface area (Å²) < 4.78 is 0. The van der Waals surface area contributed by atoms with Crippen LogP contribution in [0.3, 0.4) is 0 Å². The Bertz CT molecular complexity index is 451. The molecule has 1 aliphatic rings. The average molecular weight is 292 g/mol. The van der Waals surface area contributed by atoms with E-state index < -0.39 is 6.10 Å². The molecule has 4 N–H and O–H groups in total. The summed E-state index contributed by atoms with van der Waals surface area (Å²) in [6.07, 6.45) is 2.49. The number of carbonyl (C=O) groups excluding carboxylic acids is 1. The predicted molar refractivity (Wildman–Crippen MR) is 80.7 cm³/mol. The Morgan fingerprint density at radius 3 is 2.43 bits per heavy atom. The normalized spacial score (nSPS) is 23.4. The van der Waals surface area contributed by atoms with Gasteiger partial charge in [0.05, 0.1) is 12.2 Å². The highest BCUT2D eigenvalue weighted by Gasteiger charge is 2.20. The first kappa shape index (κ1) is 15.8. The van der Waals surface area contributed by atoms with Crippen molar-refractivity contribution in [3.63, 3.8) is 0 Å². The third-order valence-corrected chi connectivity index (χ3v) is 3.95. The van der Waals surface area contributed by atoms with Crippen molar-refractivity contribution in [1.29, 1.82) is 0 Å². The van der Waals surface area contributed by atoms with E-state index in [0.717, 1.165) is 36.8 Å². The smallest absolute Gasteiger partial charge is 0.315 e. The summed E-state index contributed by atoms with van der Waals surface area (Å²) in [6.45, 7) is 2.18. The second-order valence-corrected chi connectivity index (χ2v) is 5.75. The second-order valence-electron chi connectivity index (χ2n) is 5.75. The zero-order chi connectivity index (χ0) is 15.2. The molecule has 0 spiro atoms. The van der Waals surface area contributed by atoms with Gasteiger partial charge in [0.2, 0.25) is 0 Å². The Kier molecular flexibility index (Phi) is 5.59. The first-order valence-corrected chi connectivity index (χ1v) is 7.54. The number of aliphatic hydroxyl groups is 2. The third-order valence-electron chi connectivity index (χ3n) is 3.95. The molecule has 5 nitrogen and oxygen atoms in total. The third kappa shape index (κ3) is 5.02. The summed E-state index contributed by atoms with van der Waals surface area (Å²) in [5.41, 5.74) is 1.86. The number of hydrogen-bond donors (Lipinski definition) is 4. The molecule has 21 heavy (non-hydrogen) atoms. The molecule has 1 aromatic rings. The maximum absolute atomic E-state index is 11.8. The Balaban J connectivity index is 1.73. The van der Waals surface area contributed by atoms with E-state index in [2.05, 4.69) is 10.6 Å². The van der Waals surface area contributed by atoms with Crippen LogP contribution < -0.4 is 10.6 Å². The van der Waals surface area contributed by atoms with Gasteiger partial charge in [-0.2, -0.15) is 0 Å². The topological polar surface area (TPSA) is 81.6 Å². The number of benzene rings is 1. The van der Waals surface area contributed by atoms with Crippen LogP contribution in [0.1, 0.15) is 49.8 Å². The molecule has 1 aliphatic carbocycles. The van der Waals surface area contributed by atoms with Gasteiger partial charge in [-0.15, -0.1) is 0 Å². The lowest BCUT2D eigenvalue weighted by atomic mass is 9.93. The lowest BCUT2D eigenvalue weighted by Gasteiger charge is -2.26. The zero-order valence-electron chi connectivity index (χ0n) is 12.4. The van der Waals surface area contributed by atoms with Crippen molar-refractivity contribution in [2.75, 3.05) is 0 Å². The number of nitrogens with one attached hydrogen (secondary N) is 2. The average Bonchev–Trinajstić information content (AvgIpc) is 2.48. The molecule has 1 aromatic carbocycles. The van der Waals surface area contributed by atoms with Crippen molar-refractivity contribution < 1.29 is 15.0 Å². The largest absolute Gasteiger partial charge is 0.393 e. The first-order chi connectivity index (χ1) is 10.0. The lowest BCUT2D eigenvalue weighted by molar-refractivity contribution is 0.117. The van der Waals surface area contributed by atoms with Gasteiger partial charge in [-0.05, 0) is 43.7 Å². The molecule has 0 heterocycles. The fourth-order valence-corrected chi connectivity index (χ4v) is 2.55. The molecular formula is C16H24N2O3. The molecule has 0 aromatic heterocycles. The van der Waals surface area contributed by atoms with E-state index in [9.17, 15) is 15.0 Å². The number of aliphatic hydroxyl groups excluding tert-OH is 2. The molecule has 5 heteroatoms. The predicted octanol–water partition coefficient (Wildman–Crippen LogP) is 1.84. The summed E-state index contributed by atoms with van der Waals surface area (Å²) in [6, 6.07) is 7.52. The van der Waals surface area contributed by atoms with E-state index in [1.54, 1.807) is 6.92 Å². The molecule has 1 unspecified atom stereocenters. The standard InChI is InChI=1S/C16H24N2O3/c1-11(19)13-4-2-12(3-5-13)10-17-16(21)18-14-6-8-15(20)9-7-14/h2-5,11,14-15,19-20H,6-10H2,1H3,(H2,17,18,21). The van der Waals surface area contributed by atoms with Crippen LogP contribution in [0.5, 0.6) is 0 Å². The van der Waals surface area contributed by atoms with E-state index >= 15 is 0 Å². The van der Waals surface area contributed by atoms with Gasteiger partial charge in [-0.25, -0.2) is 4.79 Å². The molecule has 0 bridgehead atoms. The number of hydrogen-bond acceptors (Lipinski definition) is 3. The fourth-order valence-electron chi connectivity index (χ4n) is 2.55. The van der Waals surface area contributed by atoms with Gasteiger partial charge in [-0.1, -0.05) is 24.3 Å². The maximum atomic E-state index is 11.8. The maximum Gasteiger partial charge on any atom is 0.315 e. The van der Waals surface area contributed by atoms with E-state index in [0.29, 0.717) is 6.54 Å². The van der Waals surface area contributed by atoms with Crippen molar-refractivity contribution in [2.45, 2.75) is 57.4 Å². The first-order valence-electron chi connectivity index (χ1n) is 7.54. The van der Waals surface area contributed by atoms with Gasteiger partial charge >= 0.3 is 6.03 Å². The molecule has 1 fully saturated rings. The highest BCUT2D eigenvalue weighted by molar-refractivity contribution is 5.74. The summed E-state index contributed by atoms with van der Waals surface area (Å²) in [5, 5.41) is 24.6. The minimum absolute atomic E-state index is 0.158. The number of urea groups is 1. The quantitative estimate of drug-likeness (QED) is 0.683. The molecule has 0 saturated heterocycles. The van der Waals surface area contributed by atoms with E-state index in [1.807, 2.05) is 24.3 Å². The molecule has 2 amide bonds. The van der Waals surface area contributed by atoms with Crippen molar-refractivity contribution in [3.05, 3.63) is 35.4 Å². The molecule has 0 radical (unpaired) electrons. The molecule has 0 aliphatic heterocycles. The summed E-state index contributed by atoms with van der Waals surface area (Å²) in [4.78, 5) is 11.8. The van der Waals surface area contributed by atoms with Gasteiger partial charge in [0.1, 0.15) is 0 Å². The van der Waals surface area contributed by atoms with E-state index in [-0.39, 0.29) is 18.2 Å². The fraction of sp³-hybridized carbons (Fsp3) is 0.562. The van der Waals surface area contributed by atoms with Gasteiger partial charge in [-0.3, -0.25) is 0 Å². The van der Waals surface area contributed by atoms with Crippen LogP contribution in [-0.4, -0.2) is 28.4 Å². The number of carbonyl (C=O) groups is 1. The molecule has 1 atom stereocenters. The van der Waals surface area contributed by atoms with E-state index in [1.165, 1.54) is 0 Å². The Labute approximate surface area is 125 Å². The molecule has 1 saturated carbocycles. The zero-order valence-corrected chi connectivity index (χ0v) is 12.4. The van der Waals surface area contributed by atoms with Crippen LogP contribution >= 0.6 is 0 Å².